The maximum absolute atomic E-state index is 14.7. The van der Waals surface area contributed by atoms with E-state index in [4.69, 9.17) is 16.3 Å². The number of halogens is 5. The summed E-state index contributed by atoms with van der Waals surface area (Å²) in [7, 11) is 0. The van der Waals surface area contributed by atoms with Gasteiger partial charge in [0.2, 0.25) is 0 Å². The molecule has 0 spiro atoms. The summed E-state index contributed by atoms with van der Waals surface area (Å²) < 4.78 is 64.3. The zero-order valence-electron chi connectivity index (χ0n) is 19.9. The van der Waals surface area contributed by atoms with Crippen molar-refractivity contribution in [3.05, 3.63) is 88.3 Å². The number of hydrogen-bond acceptors (Lipinski definition) is 5. The van der Waals surface area contributed by atoms with Gasteiger partial charge < -0.3 is 23.9 Å². The van der Waals surface area contributed by atoms with Crippen molar-refractivity contribution in [2.24, 2.45) is 0 Å². The molecule has 0 saturated heterocycles. The van der Waals surface area contributed by atoms with Crippen LogP contribution in [0.15, 0.2) is 60.7 Å². The van der Waals surface area contributed by atoms with Gasteiger partial charge in [-0.3, -0.25) is 4.79 Å². The van der Waals surface area contributed by atoms with Crippen molar-refractivity contribution >= 4 is 34.3 Å². The van der Waals surface area contributed by atoms with Crippen molar-refractivity contribution in [2.75, 3.05) is 0 Å². The standard InChI is InChI=1S/C27H20ClF4NO5/c1-3-23(26(35)36)37-20-11-17(29)10-18(12-20)33-14(2)24(25(34)15-4-6-16(28)7-5-15)21-9-8-19(13-22(21)33)38-27(30,31)32/h4-13,23H,3H2,1-2H3,(H,35,36)/p-1/t23-/m1/s1. The molecule has 0 fully saturated rings. The van der Waals surface area contributed by atoms with Crippen LogP contribution in [0.1, 0.15) is 35.0 Å². The quantitative estimate of drug-likeness (QED) is 0.206. The summed E-state index contributed by atoms with van der Waals surface area (Å²) in [5, 5.41) is 12.0. The van der Waals surface area contributed by atoms with Gasteiger partial charge in [0, 0.05) is 39.9 Å². The molecule has 38 heavy (non-hydrogen) atoms. The van der Waals surface area contributed by atoms with Gasteiger partial charge in [-0.1, -0.05) is 18.5 Å². The minimum Gasteiger partial charge on any atom is -0.546 e. The van der Waals surface area contributed by atoms with Gasteiger partial charge in [-0.05, 0) is 55.8 Å². The number of carboxylic acid groups (broad SMARTS) is 1. The molecule has 0 radical (unpaired) electrons. The van der Waals surface area contributed by atoms with Gasteiger partial charge in [-0.15, -0.1) is 13.2 Å². The smallest absolute Gasteiger partial charge is 0.546 e. The molecule has 198 valence electrons. The summed E-state index contributed by atoms with van der Waals surface area (Å²) in [5.74, 6) is -3.44. The lowest BCUT2D eigenvalue weighted by molar-refractivity contribution is -0.313. The van der Waals surface area contributed by atoms with Crippen molar-refractivity contribution in [1.82, 2.24) is 4.57 Å². The molecule has 0 bridgehead atoms. The maximum atomic E-state index is 14.7. The van der Waals surface area contributed by atoms with E-state index >= 15 is 0 Å². The normalized spacial score (nSPS) is 12.4. The highest BCUT2D eigenvalue weighted by Crippen LogP contribution is 2.36. The minimum absolute atomic E-state index is 0.0392. The molecular formula is C27H19ClF4NO5-. The molecule has 0 unspecified atom stereocenters. The third-order valence-corrected chi connectivity index (χ3v) is 6.02. The van der Waals surface area contributed by atoms with Crippen molar-refractivity contribution < 1.29 is 41.7 Å². The fourth-order valence-electron chi connectivity index (χ4n) is 4.16. The SMILES string of the molecule is CC[C@@H](Oc1cc(F)cc(-n2c(C)c(C(=O)c3ccc(Cl)cc3)c3ccc(OC(F)(F)F)cc32)c1)C(=O)[O-]. The Morgan fingerprint density at radius 1 is 1.03 bits per heavy atom. The molecular weight excluding hydrogens is 530 g/mol. The van der Waals surface area contributed by atoms with Gasteiger partial charge in [0.25, 0.3) is 0 Å². The molecule has 4 aromatic rings. The summed E-state index contributed by atoms with van der Waals surface area (Å²) in [5.41, 5.74) is 0.914. The van der Waals surface area contributed by atoms with E-state index in [1.165, 1.54) is 41.0 Å². The Kier molecular flexibility index (Phi) is 7.37. The van der Waals surface area contributed by atoms with Crippen LogP contribution in [-0.4, -0.2) is 28.8 Å². The predicted molar refractivity (Wildman–Crippen MR) is 129 cm³/mol. The molecule has 0 aliphatic rings. The number of fused-ring (bicyclic) bond motifs is 1. The lowest BCUT2D eigenvalue weighted by Gasteiger charge is -2.19. The van der Waals surface area contributed by atoms with E-state index in [9.17, 15) is 32.3 Å². The number of aliphatic carboxylic acids is 1. The summed E-state index contributed by atoms with van der Waals surface area (Å²) in [6.45, 7) is 3.09. The van der Waals surface area contributed by atoms with Gasteiger partial charge in [-0.2, -0.15) is 0 Å². The van der Waals surface area contributed by atoms with Crippen molar-refractivity contribution in [3.63, 3.8) is 0 Å². The molecule has 0 aliphatic heterocycles. The van der Waals surface area contributed by atoms with E-state index in [1.807, 2.05) is 0 Å². The molecule has 0 N–H and O–H groups in total. The number of hydrogen-bond donors (Lipinski definition) is 0. The molecule has 4 rings (SSSR count). The maximum Gasteiger partial charge on any atom is 0.573 e. The fourth-order valence-corrected chi connectivity index (χ4v) is 4.29. The summed E-state index contributed by atoms with van der Waals surface area (Å²) in [4.78, 5) is 24.8. The van der Waals surface area contributed by atoms with Crippen LogP contribution in [0.3, 0.4) is 0 Å². The first kappa shape index (κ1) is 27.0. The first-order valence-electron chi connectivity index (χ1n) is 11.3. The summed E-state index contributed by atoms with van der Waals surface area (Å²) in [6, 6.07) is 12.9. The molecule has 1 heterocycles. The van der Waals surface area contributed by atoms with E-state index < -0.39 is 35.8 Å². The Hall–Kier alpha value is -4.05. The highest BCUT2D eigenvalue weighted by atomic mass is 35.5. The van der Waals surface area contributed by atoms with E-state index in [0.717, 1.165) is 24.3 Å². The van der Waals surface area contributed by atoms with Crippen molar-refractivity contribution in [2.45, 2.75) is 32.7 Å². The Labute approximate surface area is 219 Å². The van der Waals surface area contributed by atoms with Crippen LogP contribution in [0, 0.1) is 12.7 Å². The first-order valence-corrected chi connectivity index (χ1v) is 11.6. The first-order chi connectivity index (χ1) is 17.9. The lowest BCUT2D eigenvalue weighted by Crippen LogP contribution is -2.39. The second-order valence-corrected chi connectivity index (χ2v) is 8.77. The fraction of sp³-hybridized carbons (Fsp3) is 0.185. The van der Waals surface area contributed by atoms with Crippen LogP contribution >= 0.6 is 11.6 Å². The Morgan fingerprint density at radius 2 is 1.71 bits per heavy atom. The number of nitrogens with zero attached hydrogens (tertiary/aromatic N) is 1. The summed E-state index contributed by atoms with van der Waals surface area (Å²) in [6.07, 6.45) is -6.29. The van der Waals surface area contributed by atoms with Gasteiger partial charge >= 0.3 is 6.36 Å². The van der Waals surface area contributed by atoms with Crippen LogP contribution in [0.4, 0.5) is 17.6 Å². The topological polar surface area (TPSA) is 80.6 Å². The Bertz CT molecular complexity index is 1530. The lowest BCUT2D eigenvalue weighted by atomic mass is 10.0. The highest BCUT2D eigenvalue weighted by molar-refractivity contribution is 6.30. The Balaban J connectivity index is 1.94. The molecule has 1 atom stereocenters. The second-order valence-electron chi connectivity index (χ2n) is 8.34. The van der Waals surface area contributed by atoms with E-state index in [2.05, 4.69) is 4.74 Å². The average Bonchev–Trinajstić information content (AvgIpc) is 3.11. The number of benzene rings is 3. The molecule has 0 amide bonds. The number of aromatic nitrogens is 1. The number of ether oxygens (including phenoxy) is 2. The van der Waals surface area contributed by atoms with E-state index in [-0.39, 0.29) is 45.6 Å². The predicted octanol–water partition coefficient (Wildman–Crippen LogP) is 5.77. The molecule has 11 heteroatoms. The van der Waals surface area contributed by atoms with Gasteiger partial charge in [0.1, 0.15) is 23.4 Å². The second kappa shape index (κ2) is 10.4. The van der Waals surface area contributed by atoms with Crippen molar-refractivity contribution in [3.8, 4) is 17.2 Å². The van der Waals surface area contributed by atoms with Crippen LogP contribution in [0.2, 0.25) is 5.02 Å². The van der Waals surface area contributed by atoms with Gasteiger partial charge in [0.05, 0.1) is 22.7 Å². The van der Waals surface area contributed by atoms with Crippen LogP contribution in [0.5, 0.6) is 11.5 Å². The zero-order chi connectivity index (χ0) is 27.8. The molecule has 1 aromatic heterocycles. The number of carbonyl (C=O) groups excluding carboxylic acids is 2. The molecule has 6 nitrogen and oxygen atoms in total. The number of ketones is 1. The van der Waals surface area contributed by atoms with Crippen molar-refractivity contribution in [1.29, 1.82) is 0 Å². The number of rotatable bonds is 8. The van der Waals surface area contributed by atoms with E-state index in [1.54, 1.807) is 13.8 Å². The van der Waals surface area contributed by atoms with Gasteiger partial charge in [0.15, 0.2) is 5.78 Å². The van der Waals surface area contributed by atoms with Crippen LogP contribution < -0.4 is 14.6 Å². The molecule has 3 aromatic carbocycles. The number of alkyl halides is 3. The largest absolute Gasteiger partial charge is 0.573 e. The molecule has 0 saturated carbocycles. The monoisotopic (exact) mass is 548 g/mol. The number of carboxylic acids is 1. The average molecular weight is 549 g/mol. The van der Waals surface area contributed by atoms with Gasteiger partial charge in [-0.25, -0.2) is 4.39 Å². The highest BCUT2D eigenvalue weighted by Gasteiger charge is 2.32. The minimum atomic E-state index is -4.97. The van der Waals surface area contributed by atoms with E-state index in [0.29, 0.717) is 5.02 Å². The molecule has 0 aliphatic carbocycles. The summed E-state index contributed by atoms with van der Waals surface area (Å²) >= 11 is 5.93. The van der Waals surface area contributed by atoms with Crippen LogP contribution in [-0.2, 0) is 4.79 Å². The zero-order valence-corrected chi connectivity index (χ0v) is 20.7. The third kappa shape index (κ3) is 5.60. The third-order valence-electron chi connectivity index (χ3n) is 5.77. The van der Waals surface area contributed by atoms with Crippen LogP contribution in [0.25, 0.3) is 16.6 Å². The number of carbonyl (C=O) groups is 2. The Morgan fingerprint density at radius 3 is 2.32 bits per heavy atom.